The molecule has 1 aliphatic heterocycles. The molecule has 0 atom stereocenters. The molecule has 1 aromatic rings. The van der Waals surface area contributed by atoms with E-state index in [1.54, 1.807) is 18.6 Å². The number of nitrogens with zero attached hydrogens (tertiary/aromatic N) is 3. The first-order valence-electron chi connectivity index (χ1n) is 8.13. The normalized spacial score (nSPS) is 20.6. The monoisotopic (exact) mass is 318 g/mol. The van der Waals surface area contributed by atoms with E-state index >= 15 is 0 Å². The molecule has 3 rings (SSSR count). The Balaban J connectivity index is 1.48. The molecular formula is C16H22N4O3. The predicted molar refractivity (Wildman–Crippen MR) is 83.9 cm³/mol. The van der Waals surface area contributed by atoms with Gasteiger partial charge in [0.25, 0.3) is 0 Å². The summed E-state index contributed by atoms with van der Waals surface area (Å²) in [6.07, 6.45) is 8.79. The van der Waals surface area contributed by atoms with Crippen LogP contribution in [-0.2, 0) is 9.59 Å². The molecule has 1 aromatic heterocycles. The summed E-state index contributed by atoms with van der Waals surface area (Å²) in [4.78, 5) is 34.1. The van der Waals surface area contributed by atoms with Gasteiger partial charge in [-0.15, -0.1) is 0 Å². The van der Waals surface area contributed by atoms with Gasteiger partial charge in [-0.05, 0) is 25.7 Å². The summed E-state index contributed by atoms with van der Waals surface area (Å²) in [5, 5.41) is 12.2. The maximum Gasteiger partial charge on any atom is 0.311 e. The van der Waals surface area contributed by atoms with Crippen LogP contribution in [0, 0.1) is 11.3 Å². The first-order valence-corrected chi connectivity index (χ1v) is 8.13. The summed E-state index contributed by atoms with van der Waals surface area (Å²) in [6.45, 7) is 1.78. The lowest BCUT2D eigenvalue weighted by Crippen LogP contribution is -2.49. The van der Waals surface area contributed by atoms with E-state index < -0.39 is 11.4 Å². The van der Waals surface area contributed by atoms with Crippen LogP contribution in [0.3, 0.4) is 0 Å². The number of hydrogen-bond acceptors (Lipinski definition) is 5. The van der Waals surface area contributed by atoms with E-state index in [0.29, 0.717) is 12.8 Å². The number of nitrogens with one attached hydrogen (secondary N) is 1. The van der Waals surface area contributed by atoms with E-state index in [-0.39, 0.29) is 18.4 Å². The first kappa shape index (κ1) is 15.7. The van der Waals surface area contributed by atoms with Gasteiger partial charge in [-0.25, -0.2) is 4.98 Å². The Kier molecular flexibility index (Phi) is 4.45. The van der Waals surface area contributed by atoms with Gasteiger partial charge < -0.3 is 15.3 Å². The van der Waals surface area contributed by atoms with Crippen LogP contribution in [0.1, 0.15) is 32.1 Å². The van der Waals surface area contributed by atoms with Crippen LogP contribution < -0.4 is 10.2 Å². The molecule has 2 fully saturated rings. The molecule has 23 heavy (non-hydrogen) atoms. The zero-order valence-corrected chi connectivity index (χ0v) is 13.1. The molecule has 1 saturated heterocycles. The summed E-state index contributed by atoms with van der Waals surface area (Å²) in [6, 6.07) is 0. The summed E-state index contributed by atoms with van der Waals surface area (Å²) in [5.74, 6) is -0.0164. The van der Waals surface area contributed by atoms with E-state index in [4.69, 9.17) is 0 Å². The molecule has 2 N–H and O–H groups in total. The molecule has 0 aromatic carbocycles. The second kappa shape index (κ2) is 6.52. The number of hydrogen-bond donors (Lipinski definition) is 2. The van der Waals surface area contributed by atoms with E-state index in [9.17, 15) is 14.7 Å². The molecule has 7 heteroatoms. The smallest absolute Gasteiger partial charge is 0.311 e. The van der Waals surface area contributed by atoms with Crippen LogP contribution in [0.5, 0.6) is 0 Å². The lowest BCUT2D eigenvalue weighted by molar-refractivity contribution is -0.154. The molecule has 124 valence electrons. The summed E-state index contributed by atoms with van der Waals surface area (Å²) < 4.78 is 0. The standard InChI is InChI=1S/C16H22N4O3/c21-14(19-11-16(15(22)23)4-1-5-16)12-2-8-20(9-3-12)13-10-17-6-7-18-13/h6-7,10,12H,1-5,8-9,11H2,(H,19,21)(H,22,23). The SMILES string of the molecule is O=C(NCC1(C(=O)O)CCC1)C1CCN(c2cnccn2)CC1. The van der Waals surface area contributed by atoms with Crippen LogP contribution in [0.25, 0.3) is 0 Å². The third-order valence-corrected chi connectivity index (χ3v) is 5.10. The van der Waals surface area contributed by atoms with E-state index in [1.807, 2.05) is 0 Å². The van der Waals surface area contributed by atoms with Crippen LogP contribution in [0.2, 0.25) is 0 Å². The molecule has 0 bridgehead atoms. The van der Waals surface area contributed by atoms with Crippen LogP contribution in [0.4, 0.5) is 5.82 Å². The first-order chi connectivity index (χ1) is 11.1. The van der Waals surface area contributed by atoms with Crippen molar-refractivity contribution in [2.24, 2.45) is 11.3 Å². The van der Waals surface area contributed by atoms with Crippen molar-refractivity contribution in [2.45, 2.75) is 32.1 Å². The Hall–Kier alpha value is -2.18. The highest BCUT2D eigenvalue weighted by molar-refractivity contribution is 5.81. The Morgan fingerprint density at radius 3 is 2.57 bits per heavy atom. The number of aromatic nitrogens is 2. The van der Waals surface area contributed by atoms with Gasteiger partial charge in [0, 0.05) is 37.9 Å². The Morgan fingerprint density at radius 1 is 1.30 bits per heavy atom. The summed E-state index contributed by atoms with van der Waals surface area (Å²) in [7, 11) is 0. The molecule has 0 spiro atoms. The Labute approximate surface area is 135 Å². The van der Waals surface area contributed by atoms with Gasteiger partial charge >= 0.3 is 5.97 Å². The van der Waals surface area contributed by atoms with Crippen LogP contribution in [-0.4, -0.2) is 46.6 Å². The minimum Gasteiger partial charge on any atom is -0.481 e. The Morgan fingerprint density at radius 2 is 2.04 bits per heavy atom. The van der Waals surface area contributed by atoms with Gasteiger partial charge in [0.05, 0.1) is 11.6 Å². The maximum absolute atomic E-state index is 12.3. The van der Waals surface area contributed by atoms with Crippen molar-refractivity contribution in [1.82, 2.24) is 15.3 Å². The highest BCUT2D eigenvalue weighted by Crippen LogP contribution is 2.40. The highest BCUT2D eigenvalue weighted by atomic mass is 16.4. The second-order valence-corrected chi connectivity index (χ2v) is 6.48. The zero-order valence-electron chi connectivity index (χ0n) is 13.1. The van der Waals surface area contributed by atoms with Gasteiger partial charge in [0.2, 0.25) is 5.91 Å². The zero-order chi connectivity index (χ0) is 16.3. The average molecular weight is 318 g/mol. The quantitative estimate of drug-likeness (QED) is 0.843. The van der Waals surface area contributed by atoms with Crippen molar-refractivity contribution >= 4 is 17.7 Å². The van der Waals surface area contributed by atoms with Crippen molar-refractivity contribution in [3.63, 3.8) is 0 Å². The topological polar surface area (TPSA) is 95.4 Å². The Bertz CT molecular complexity index is 566. The second-order valence-electron chi connectivity index (χ2n) is 6.48. The predicted octanol–water partition coefficient (Wildman–Crippen LogP) is 1.06. The summed E-state index contributed by atoms with van der Waals surface area (Å²) in [5.41, 5.74) is -0.726. The maximum atomic E-state index is 12.3. The molecule has 0 radical (unpaired) electrons. The lowest BCUT2D eigenvalue weighted by Gasteiger charge is -2.38. The van der Waals surface area contributed by atoms with Crippen molar-refractivity contribution in [3.8, 4) is 0 Å². The molecular weight excluding hydrogens is 296 g/mol. The summed E-state index contributed by atoms with van der Waals surface area (Å²) >= 11 is 0. The average Bonchev–Trinajstić information content (AvgIpc) is 2.54. The molecule has 7 nitrogen and oxygen atoms in total. The van der Waals surface area contributed by atoms with Crippen LogP contribution in [0.15, 0.2) is 18.6 Å². The molecule has 1 saturated carbocycles. The molecule has 0 unspecified atom stereocenters. The minimum absolute atomic E-state index is 0.0173. The van der Waals surface area contributed by atoms with Gasteiger partial charge in [-0.1, -0.05) is 6.42 Å². The molecule has 2 heterocycles. The van der Waals surface area contributed by atoms with Crippen molar-refractivity contribution < 1.29 is 14.7 Å². The number of carbonyl (C=O) groups is 2. The van der Waals surface area contributed by atoms with Gasteiger partial charge in [0.15, 0.2) is 0 Å². The number of rotatable bonds is 5. The van der Waals surface area contributed by atoms with Gasteiger partial charge in [-0.3, -0.25) is 14.6 Å². The largest absolute Gasteiger partial charge is 0.481 e. The number of amides is 1. The molecule has 1 aliphatic carbocycles. The fourth-order valence-electron chi connectivity index (χ4n) is 3.30. The number of carboxylic acid groups (broad SMARTS) is 1. The number of anilines is 1. The van der Waals surface area contributed by atoms with E-state index in [2.05, 4.69) is 20.2 Å². The number of carboxylic acids is 1. The minimum atomic E-state index is -0.790. The van der Waals surface area contributed by atoms with E-state index in [1.165, 1.54) is 0 Å². The molecule has 1 amide bonds. The number of piperidine rings is 1. The van der Waals surface area contributed by atoms with Gasteiger partial charge in [0.1, 0.15) is 5.82 Å². The number of carbonyl (C=O) groups excluding carboxylic acids is 1. The van der Waals surface area contributed by atoms with E-state index in [0.717, 1.165) is 38.2 Å². The lowest BCUT2D eigenvalue weighted by atomic mass is 9.68. The van der Waals surface area contributed by atoms with Crippen molar-refractivity contribution in [1.29, 1.82) is 0 Å². The fourth-order valence-corrected chi connectivity index (χ4v) is 3.30. The van der Waals surface area contributed by atoms with Crippen molar-refractivity contribution in [3.05, 3.63) is 18.6 Å². The van der Waals surface area contributed by atoms with Crippen LogP contribution >= 0.6 is 0 Å². The highest BCUT2D eigenvalue weighted by Gasteiger charge is 2.44. The van der Waals surface area contributed by atoms with Gasteiger partial charge in [-0.2, -0.15) is 0 Å². The third kappa shape index (κ3) is 3.28. The van der Waals surface area contributed by atoms with Crippen molar-refractivity contribution in [2.75, 3.05) is 24.5 Å². The fraction of sp³-hybridized carbons (Fsp3) is 0.625. The third-order valence-electron chi connectivity index (χ3n) is 5.10. The number of aliphatic carboxylic acids is 1. The molecule has 2 aliphatic rings.